The van der Waals surface area contributed by atoms with Gasteiger partial charge in [0.25, 0.3) is 0 Å². The van der Waals surface area contributed by atoms with Crippen LogP contribution in [0.4, 0.5) is 0 Å². The highest BCUT2D eigenvalue weighted by Crippen LogP contribution is 2.39. The average Bonchev–Trinajstić information content (AvgIpc) is 2.30. The summed E-state index contributed by atoms with van der Waals surface area (Å²) < 4.78 is 11.6. The summed E-state index contributed by atoms with van der Waals surface area (Å²) in [7, 11) is 0. The molecule has 0 radical (unpaired) electrons. The Hall–Kier alpha value is 0.320. The number of ether oxygens (including phenoxy) is 2. The first-order valence-corrected chi connectivity index (χ1v) is 7.75. The summed E-state index contributed by atoms with van der Waals surface area (Å²) in [6.07, 6.45) is 4.66. The van der Waals surface area contributed by atoms with E-state index in [1.807, 2.05) is 6.92 Å². The molecule has 1 atom stereocenters. The Morgan fingerprint density at radius 2 is 1.89 bits per heavy atom. The van der Waals surface area contributed by atoms with Crippen LogP contribution in [0.25, 0.3) is 0 Å². The van der Waals surface area contributed by atoms with Gasteiger partial charge in [0, 0.05) is 18.3 Å². The van der Waals surface area contributed by atoms with E-state index in [1.165, 1.54) is 0 Å². The van der Waals surface area contributed by atoms with E-state index in [1.54, 1.807) is 0 Å². The van der Waals surface area contributed by atoms with Crippen LogP contribution in [0.1, 0.15) is 53.4 Å². The second-order valence-electron chi connectivity index (χ2n) is 6.33. The first kappa shape index (κ1) is 16.4. The highest BCUT2D eigenvalue weighted by atomic mass is 127. The fourth-order valence-corrected chi connectivity index (χ4v) is 2.67. The second-order valence-corrected chi connectivity index (χ2v) is 8.79. The fourth-order valence-electron chi connectivity index (χ4n) is 2.09. The minimum Gasteiger partial charge on any atom is -0.349 e. The molecule has 0 saturated carbocycles. The van der Waals surface area contributed by atoms with Gasteiger partial charge in [0.15, 0.2) is 5.79 Å². The first-order valence-electron chi connectivity index (χ1n) is 6.67. The van der Waals surface area contributed by atoms with Gasteiger partial charge in [0.1, 0.15) is 6.29 Å². The number of hydrogen-bond donors (Lipinski definition) is 0. The number of rotatable bonds is 6. The van der Waals surface area contributed by atoms with Crippen LogP contribution in [-0.4, -0.2) is 28.7 Å². The summed E-state index contributed by atoms with van der Waals surface area (Å²) in [6.45, 7) is 9.76. The minimum absolute atomic E-state index is 0.0680. The summed E-state index contributed by atoms with van der Waals surface area (Å²) in [5, 5.41) is 0. The van der Waals surface area contributed by atoms with Crippen LogP contribution in [0.15, 0.2) is 0 Å². The molecule has 0 aromatic rings. The number of carbonyl (C=O) groups excluding carboxylic acids is 1. The van der Waals surface area contributed by atoms with Crippen molar-refractivity contribution in [2.75, 3.05) is 13.2 Å². The monoisotopic (exact) mass is 368 g/mol. The van der Waals surface area contributed by atoms with Crippen molar-refractivity contribution >= 4 is 28.9 Å². The summed E-state index contributed by atoms with van der Waals surface area (Å²) in [4.78, 5) is 11.1. The van der Waals surface area contributed by atoms with Gasteiger partial charge in [-0.15, -0.1) is 0 Å². The Labute approximate surface area is 124 Å². The van der Waals surface area contributed by atoms with Gasteiger partial charge < -0.3 is 14.3 Å². The number of hydrogen-bond acceptors (Lipinski definition) is 3. The number of unbranched alkanes of at least 4 members (excludes halogenated alkanes) is 1. The van der Waals surface area contributed by atoms with Crippen LogP contribution < -0.4 is 0 Å². The molecule has 1 aliphatic rings. The number of alkyl halides is 1. The zero-order chi connectivity index (χ0) is 13.9. The van der Waals surface area contributed by atoms with Gasteiger partial charge in [-0.1, -0.05) is 49.8 Å². The highest BCUT2D eigenvalue weighted by molar-refractivity contribution is 14.1. The lowest BCUT2D eigenvalue weighted by molar-refractivity contribution is -0.305. The van der Waals surface area contributed by atoms with E-state index in [4.69, 9.17) is 9.47 Å². The van der Waals surface area contributed by atoms with Gasteiger partial charge in [-0.2, -0.15) is 0 Å². The quantitative estimate of drug-likeness (QED) is 0.407. The lowest BCUT2D eigenvalue weighted by atomic mass is 9.91. The lowest BCUT2D eigenvalue weighted by Crippen LogP contribution is -2.50. The van der Waals surface area contributed by atoms with Crippen LogP contribution in [0.3, 0.4) is 0 Å². The molecule has 0 aromatic carbocycles. The van der Waals surface area contributed by atoms with E-state index < -0.39 is 9.21 Å². The molecule has 0 aliphatic carbocycles. The van der Waals surface area contributed by atoms with E-state index >= 15 is 0 Å². The molecule has 0 spiro atoms. The summed E-state index contributed by atoms with van der Waals surface area (Å²) in [5.74, 6) is -0.567. The fraction of sp³-hybridized carbons (Fsp3) is 0.929. The topological polar surface area (TPSA) is 35.5 Å². The molecule has 0 bridgehead atoms. The van der Waals surface area contributed by atoms with Crippen LogP contribution in [0, 0.1) is 5.41 Å². The van der Waals surface area contributed by atoms with E-state index in [0.717, 1.165) is 25.5 Å². The Kier molecular flexibility index (Phi) is 5.62. The maximum atomic E-state index is 11.1. The summed E-state index contributed by atoms with van der Waals surface area (Å²) >= 11 is 2.18. The Morgan fingerprint density at radius 3 is 2.33 bits per heavy atom. The largest absolute Gasteiger partial charge is 0.349 e. The van der Waals surface area contributed by atoms with E-state index in [9.17, 15) is 4.79 Å². The first-order chi connectivity index (χ1) is 8.24. The zero-order valence-electron chi connectivity index (χ0n) is 11.9. The smallest absolute Gasteiger partial charge is 0.170 e. The van der Waals surface area contributed by atoms with Crippen LogP contribution in [0.5, 0.6) is 0 Å². The molecule has 0 amide bonds. The average molecular weight is 368 g/mol. The Balaban J connectivity index is 2.74. The van der Waals surface area contributed by atoms with Crippen LogP contribution >= 0.6 is 22.6 Å². The minimum atomic E-state index is -0.567. The number of aldehydes is 1. The molecule has 1 aliphatic heterocycles. The standard InChI is InChI=1S/C14H25IO3/c1-5-6-7-14(8-13(4,15)9-16)17-10-12(2,3)11-18-14/h9H,5-8,10-11H2,1-4H3. The maximum absolute atomic E-state index is 11.1. The number of halogens is 1. The third-order valence-corrected chi connectivity index (χ3v) is 3.86. The van der Waals surface area contributed by atoms with Crippen molar-refractivity contribution in [3.05, 3.63) is 0 Å². The van der Waals surface area contributed by atoms with Crippen molar-refractivity contribution in [2.24, 2.45) is 5.41 Å². The molecule has 1 unspecified atom stereocenters. The van der Waals surface area contributed by atoms with Crippen molar-refractivity contribution in [3.63, 3.8) is 0 Å². The predicted molar refractivity (Wildman–Crippen MR) is 81.0 cm³/mol. The molecule has 3 nitrogen and oxygen atoms in total. The maximum Gasteiger partial charge on any atom is 0.170 e. The van der Waals surface area contributed by atoms with Crippen molar-refractivity contribution < 1.29 is 14.3 Å². The molecule has 0 aromatic heterocycles. The highest BCUT2D eigenvalue weighted by Gasteiger charge is 2.44. The van der Waals surface area contributed by atoms with Gasteiger partial charge in [-0.05, 0) is 13.3 Å². The van der Waals surface area contributed by atoms with Crippen LogP contribution in [0.2, 0.25) is 0 Å². The van der Waals surface area contributed by atoms with Crippen molar-refractivity contribution in [2.45, 2.75) is 62.6 Å². The third-order valence-electron chi connectivity index (χ3n) is 3.22. The third kappa shape index (κ3) is 4.78. The van der Waals surface area contributed by atoms with Gasteiger partial charge in [0.05, 0.1) is 16.6 Å². The molecule has 1 saturated heterocycles. The normalized spacial score (nSPS) is 25.4. The van der Waals surface area contributed by atoms with Crippen molar-refractivity contribution in [1.82, 2.24) is 0 Å². The molecule has 106 valence electrons. The summed E-state index contributed by atoms with van der Waals surface area (Å²) in [6, 6.07) is 0. The SMILES string of the molecule is CCCCC1(CC(C)(I)C=O)OCC(C)(C)CO1. The van der Waals surface area contributed by atoms with Gasteiger partial charge in [0.2, 0.25) is 0 Å². The van der Waals surface area contributed by atoms with Crippen LogP contribution in [-0.2, 0) is 14.3 Å². The number of carbonyl (C=O) groups is 1. The van der Waals surface area contributed by atoms with Crippen molar-refractivity contribution in [3.8, 4) is 0 Å². The molecular formula is C14H25IO3. The lowest BCUT2D eigenvalue weighted by Gasteiger charge is -2.45. The zero-order valence-corrected chi connectivity index (χ0v) is 14.1. The molecular weight excluding hydrogens is 343 g/mol. The second kappa shape index (κ2) is 6.18. The van der Waals surface area contributed by atoms with Gasteiger partial charge in [-0.25, -0.2) is 0 Å². The molecule has 0 N–H and O–H groups in total. The predicted octanol–water partition coefficient (Wildman–Crippen LogP) is 3.73. The molecule has 4 heteroatoms. The molecule has 1 heterocycles. The summed E-state index contributed by atoms with van der Waals surface area (Å²) in [5.41, 5.74) is 0.0680. The Morgan fingerprint density at radius 1 is 1.33 bits per heavy atom. The van der Waals surface area contributed by atoms with Gasteiger partial charge in [-0.3, -0.25) is 0 Å². The molecule has 18 heavy (non-hydrogen) atoms. The van der Waals surface area contributed by atoms with Crippen molar-refractivity contribution in [1.29, 1.82) is 0 Å². The molecule has 1 rings (SSSR count). The van der Waals surface area contributed by atoms with E-state index in [2.05, 4.69) is 43.4 Å². The molecule has 1 fully saturated rings. The van der Waals surface area contributed by atoms with E-state index in [0.29, 0.717) is 19.6 Å². The van der Waals surface area contributed by atoms with Gasteiger partial charge >= 0.3 is 0 Å². The van der Waals surface area contributed by atoms with E-state index in [-0.39, 0.29) is 5.41 Å². The Bertz CT molecular complexity index is 277.